The van der Waals surface area contributed by atoms with E-state index in [-0.39, 0.29) is 35.9 Å². The number of aliphatic imine (C=N–C) groups is 1. The van der Waals surface area contributed by atoms with Crippen molar-refractivity contribution in [1.82, 2.24) is 20.4 Å². The molecule has 0 radical (unpaired) electrons. The van der Waals surface area contributed by atoms with Gasteiger partial charge in [0.1, 0.15) is 17.7 Å². The summed E-state index contributed by atoms with van der Waals surface area (Å²) in [6, 6.07) is 6.71. The average Bonchev–Trinajstić information content (AvgIpc) is 2.63. The maximum Gasteiger partial charge on any atom is 0.191 e. The molecule has 6 nitrogen and oxygen atoms in total. The van der Waals surface area contributed by atoms with Crippen LogP contribution in [0, 0.1) is 5.82 Å². The summed E-state index contributed by atoms with van der Waals surface area (Å²) in [7, 11) is 6.08. The number of hydrogen-bond donors (Lipinski definition) is 2. The number of benzene rings is 1. The van der Waals surface area contributed by atoms with Crippen LogP contribution in [0.15, 0.2) is 29.3 Å². The lowest BCUT2D eigenvalue weighted by molar-refractivity contribution is 0.116. The monoisotopic (exact) mass is 493 g/mol. The highest BCUT2D eigenvalue weighted by Crippen LogP contribution is 2.14. The molecule has 1 aliphatic rings. The topological polar surface area (TPSA) is 52.1 Å². The van der Waals surface area contributed by atoms with E-state index in [2.05, 4.69) is 46.4 Å². The number of rotatable bonds is 7. The summed E-state index contributed by atoms with van der Waals surface area (Å²) >= 11 is 0. The number of nitrogens with zero attached hydrogens (tertiary/aromatic N) is 3. The third-order valence-electron chi connectivity index (χ3n) is 4.76. The minimum Gasteiger partial charge on any atom is -0.489 e. The molecule has 1 aromatic rings. The molecule has 0 bridgehead atoms. The van der Waals surface area contributed by atoms with Gasteiger partial charge in [0, 0.05) is 45.3 Å². The van der Waals surface area contributed by atoms with Gasteiger partial charge in [0.05, 0.1) is 6.54 Å². The molecular formula is C19H33FIN5O. The van der Waals surface area contributed by atoms with Crippen molar-refractivity contribution in [2.45, 2.75) is 25.5 Å². The van der Waals surface area contributed by atoms with Crippen LogP contribution >= 0.6 is 24.0 Å². The fraction of sp³-hybridized carbons (Fsp3) is 0.632. The van der Waals surface area contributed by atoms with E-state index in [1.54, 1.807) is 19.2 Å². The summed E-state index contributed by atoms with van der Waals surface area (Å²) in [5, 5.41) is 6.71. The molecule has 1 aromatic carbocycles. The second-order valence-corrected chi connectivity index (χ2v) is 6.84. The van der Waals surface area contributed by atoms with Crippen molar-refractivity contribution in [2.75, 3.05) is 53.9 Å². The van der Waals surface area contributed by atoms with Crippen molar-refractivity contribution in [3.63, 3.8) is 0 Å². The van der Waals surface area contributed by atoms with E-state index in [4.69, 9.17) is 4.74 Å². The molecule has 0 aromatic heterocycles. The van der Waals surface area contributed by atoms with Crippen LogP contribution in [0.1, 0.15) is 13.3 Å². The molecule has 2 atom stereocenters. The Bertz CT molecular complexity index is 589. The van der Waals surface area contributed by atoms with Crippen LogP contribution in [-0.4, -0.2) is 81.8 Å². The van der Waals surface area contributed by atoms with Gasteiger partial charge >= 0.3 is 0 Å². The first-order chi connectivity index (χ1) is 12.5. The predicted molar refractivity (Wildman–Crippen MR) is 120 cm³/mol. The van der Waals surface area contributed by atoms with Gasteiger partial charge in [0.15, 0.2) is 5.96 Å². The van der Waals surface area contributed by atoms with Crippen molar-refractivity contribution in [2.24, 2.45) is 4.99 Å². The van der Waals surface area contributed by atoms with Crippen molar-refractivity contribution >= 4 is 29.9 Å². The minimum absolute atomic E-state index is 0. The third kappa shape index (κ3) is 8.18. The molecule has 2 N–H and O–H groups in total. The number of hydrogen-bond acceptors (Lipinski definition) is 4. The highest BCUT2D eigenvalue weighted by Gasteiger charge is 2.22. The van der Waals surface area contributed by atoms with Crippen molar-refractivity contribution in [3.05, 3.63) is 30.1 Å². The Labute approximate surface area is 179 Å². The molecule has 1 saturated heterocycles. The molecule has 27 heavy (non-hydrogen) atoms. The molecule has 2 unspecified atom stereocenters. The molecule has 0 amide bonds. The van der Waals surface area contributed by atoms with E-state index in [0.29, 0.717) is 18.3 Å². The standard InChI is InChI=1S/C19H32FN5O.HI/c1-5-17(26-18-8-6-7-15(20)11-18)13-23-19(21-2)22-12-16-14-24(3)9-10-25(16)4;/h6-8,11,16-17H,5,9-10,12-14H2,1-4H3,(H2,21,22,23);1H. The van der Waals surface area contributed by atoms with E-state index >= 15 is 0 Å². The minimum atomic E-state index is -0.288. The van der Waals surface area contributed by atoms with Gasteiger partial charge in [-0.1, -0.05) is 13.0 Å². The van der Waals surface area contributed by atoms with Gasteiger partial charge in [-0.2, -0.15) is 0 Å². The van der Waals surface area contributed by atoms with Crippen molar-refractivity contribution in [1.29, 1.82) is 0 Å². The molecule has 0 saturated carbocycles. The Hall–Kier alpha value is -1.13. The first-order valence-electron chi connectivity index (χ1n) is 9.27. The van der Waals surface area contributed by atoms with Crippen LogP contribution in [-0.2, 0) is 0 Å². The number of nitrogens with one attached hydrogen (secondary N) is 2. The summed E-state index contributed by atoms with van der Waals surface area (Å²) in [5.74, 6) is 1.02. The van der Waals surface area contributed by atoms with Crippen molar-refractivity contribution < 1.29 is 9.13 Å². The Morgan fingerprint density at radius 3 is 2.78 bits per heavy atom. The molecule has 2 rings (SSSR count). The van der Waals surface area contributed by atoms with Crippen LogP contribution in [0.3, 0.4) is 0 Å². The summed E-state index contributed by atoms with van der Waals surface area (Å²) in [6.45, 7) is 6.72. The number of halogens is 2. The largest absolute Gasteiger partial charge is 0.489 e. The van der Waals surface area contributed by atoms with Crippen LogP contribution in [0.4, 0.5) is 4.39 Å². The predicted octanol–water partition coefficient (Wildman–Crippen LogP) is 2.01. The summed E-state index contributed by atoms with van der Waals surface area (Å²) in [6.07, 6.45) is 0.760. The molecule has 8 heteroatoms. The normalized spacial score (nSPS) is 19.9. The van der Waals surface area contributed by atoms with Crippen LogP contribution in [0.5, 0.6) is 5.75 Å². The van der Waals surface area contributed by atoms with Gasteiger partial charge in [0.2, 0.25) is 0 Å². The van der Waals surface area contributed by atoms with E-state index in [1.807, 2.05) is 0 Å². The zero-order valence-electron chi connectivity index (χ0n) is 16.7. The average molecular weight is 493 g/mol. The molecule has 1 heterocycles. The van der Waals surface area contributed by atoms with E-state index < -0.39 is 0 Å². The van der Waals surface area contributed by atoms with Gasteiger partial charge in [-0.25, -0.2) is 4.39 Å². The quantitative estimate of drug-likeness (QED) is 0.346. The molecule has 0 aliphatic carbocycles. The van der Waals surface area contributed by atoms with Gasteiger partial charge in [-0.3, -0.25) is 9.89 Å². The van der Waals surface area contributed by atoms with E-state index in [1.165, 1.54) is 12.1 Å². The van der Waals surface area contributed by atoms with Gasteiger partial charge < -0.3 is 20.3 Å². The number of guanidine groups is 1. The number of likely N-dealkylation sites (N-methyl/N-ethyl adjacent to an activating group) is 2. The lowest BCUT2D eigenvalue weighted by Crippen LogP contribution is -2.55. The van der Waals surface area contributed by atoms with E-state index in [9.17, 15) is 4.39 Å². The summed E-state index contributed by atoms with van der Waals surface area (Å²) in [5.41, 5.74) is 0. The zero-order chi connectivity index (χ0) is 18.9. The molecule has 1 aliphatic heterocycles. The zero-order valence-corrected chi connectivity index (χ0v) is 19.1. The maximum atomic E-state index is 13.3. The lowest BCUT2D eigenvalue weighted by Gasteiger charge is -2.38. The summed E-state index contributed by atoms with van der Waals surface area (Å²) in [4.78, 5) is 9.02. The van der Waals surface area contributed by atoms with Gasteiger partial charge in [-0.15, -0.1) is 24.0 Å². The maximum absolute atomic E-state index is 13.3. The van der Waals surface area contributed by atoms with Crippen LogP contribution in [0.2, 0.25) is 0 Å². The Morgan fingerprint density at radius 1 is 1.33 bits per heavy atom. The molecule has 154 valence electrons. The highest BCUT2D eigenvalue weighted by molar-refractivity contribution is 14.0. The Balaban J connectivity index is 0.00000364. The van der Waals surface area contributed by atoms with Gasteiger partial charge in [-0.05, 0) is 32.6 Å². The molecule has 1 fully saturated rings. The smallest absolute Gasteiger partial charge is 0.191 e. The number of piperazine rings is 1. The first kappa shape index (κ1) is 23.9. The van der Waals surface area contributed by atoms with Crippen molar-refractivity contribution in [3.8, 4) is 5.75 Å². The second-order valence-electron chi connectivity index (χ2n) is 6.84. The first-order valence-corrected chi connectivity index (χ1v) is 9.27. The second kappa shape index (κ2) is 12.4. The molecular weight excluding hydrogens is 460 g/mol. The fourth-order valence-corrected chi connectivity index (χ4v) is 2.97. The van der Waals surface area contributed by atoms with Gasteiger partial charge in [0.25, 0.3) is 0 Å². The Morgan fingerprint density at radius 2 is 2.11 bits per heavy atom. The highest BCUT2D eigenvalue weighted by atomic mass is 127. The van der Waals surface area contributed by atoms with Crippen LogP contribution < -0.4 is 15.4 Å². The summed E-state index contributed by atoms with van der Waals surface area (Å²) < 4.78 is 19.2. The SMILES string of the molecule is CCC(CNC(=NC)NCC1CN(C)CCN1C)Oc1cccc(F)c1.I. The van der Waals surface area contributed by atoms with E-state index in [0.717, 1.165) is 38.6 Å². The third-order valence-corrected chi connectivity index (χ3v) is 4.76. The van der Waals surface area contributed by atoms with Crippen LogP contribution in [0.25, 0.3) is 0 Å². The fourth-order valence-electron chi connectivity index (χ4n) is 2.97. The Kier molecular flexibility index (Phi) is 10.9. The lowest BCUT2D eigenvalue weighted by atomic mass is 10.2. The molecule has 0 spiro atoms. The number of ether oxygens (including phenoxy) is 1.